The lowest BCUT2D eigenvalue weighted by molar-refractivity contribution is -0.132. The Bertz CT molecular complexity index is 1030. The van der Waals surface area contributed by atoms with Gasteiger partial charge in [0.15, 0.2) is 0 Å². The summed E-state index contributed by atoms with van der Waals surface area (Å²) in [4.78, 5) is 23.2. The molecule has 2 aromatic carbocycles. The Balaban J connectivity index is 1.22. The molecule has 0 atom stereocenters. The van der Waals surface area contributed by atoms with Gasteiger partial charge in [-0.25, -0.2) is 4.39 Å². The van der Waals surface area contributed by atoms with Crippen molar-refractivity contribution in [2.45, 2.75) is 20.0 Å². The van der Waals surface area contributed by atoms with Gasteiger partial charge < -0.3 is 9.42 Å². The summed E-state index contributed by atoms with van der Waals surface area (Å²) in [5, 5.41) is 4.10. The van der Waals surface area contributed by atoms with E-state index in [0.29, 0.717) is 31.3 Å². The number of nitrogens with zero attached hydrogens (tertiary/aromatic N) is 5. The van der Waals surface area contributed by atoms with E-state index in [2.05, 4.69) is 19.9 Å². The Hall–Kier alpha value is -3.10. The maximum atomic E-state index is 13.0. The molecule has 7 nitrogen and oxygen atoms in total. The van der Waals surface area contributed by atoms with Crippen LogP contribution in [0.15, 0.2) is 53.1 Å². The van der Waals surface area contributed by atoms with Crippen molar-refractivity contribution in [2.24, 2.45) is 0 Å². The standard InChI is InChI=1S/C24H28FN5O2/c1-18-3-7-20(8-4-18)24-26-22(32-27-24)16-29-11-13-30(14-12-29)17-23(31)28(2)15-19-5-9-21(25)10-6-19/h3-10H,11-17H2,1-2H3. The Morgan fingerprint density at radius 1 is 1.03 bits per heavy atom. The number of aryl methyl sites for hydroxylation is 1. The highest BCUT2D eigenvalue weighted by Crippen LogP contribution is 2.17. The third-order valence-electron chi connectivity index (χ3n) is 5.72. The van der Waals surface area contributed by atoms with Gasteiger partial charge in [-0.05, 0) is 24.6 Å². The minimum absolute atomic E-state index is 0.0578. The van der Waals surface area contributed by atoms with Crippen molar-refractivity contribution in [3.8, 4) is 11.4 Å². The molecule has 0 bridgehead atoms. The number of hydrogen-bond donors (Lipinski definition) is 0. The van der Waals surface area contributed by atoms with Crippen LogP contribution >= 0.6 is 0 Å². The van der Waals surface area contributed by atoms with Crippen LogP contribution in [0.1, 0.15) is 17.0 Å². The molecule has 0 unspecified atom stereocenters. The number of likely N-dealkylation sites (N-methyl/N-ethyl adjacent to an activating group) is 1. The molecule has 1 aliphatic rings. The van der Waals surface area contributed by atoms with Crippen LogP contribution in [0.3, 0.4) is 0 Å². The van der Waals surface area contributed by atoms with E-state index in [1.807, 2.05) is 31.2 Å². The Morgan fingerprint density at radius 3 is 2.38 bits per heavy atom. The van der Waals surface area contributed by atoms with Crippen molar-refractivity contribution in [3.63, 3.8) is 0 Å². The molecule has 1 aromatic heterocycles. The van der Waals surface area contributed by atoms with Crippen molar-refractivity contribution in [2.75, 3.05) is 39.8 Å². The molecule has 0 aliphatic carbocycles. The minimum atomic E-state index is -0.271. The van der Waals surface area contributed by atoms with Crippen LogP contribution in [0.5, 0.6) is 0 Å². The first kappa shape index (κ1) is 22.1. The summed E-state index contributed by atoms with van der Waals surface area (Å²) in [7, 11) is 1.78. The van der Waals surface area contributed by atoms with E-state index in [-0.39, 0.29) is 11.7 Å². The molecule has 3 aromatic rings. The highest BCUT2D eigenvalue weighted by atomic mass is 19.1. The molecule has 1 aliphatic heterocycles. The van der Waals surface area contributed by atoms with Gasteiger partial charge in [-0.15, -0.1) is 0 Å². The summed E-state index contributed by atoms with van der Waals surface area (Å²) in [5.41, 5.74) is 3.05. The zero-order valence-electron chi connectivity index (χ0n) is 18.5. The Kier molecular flexibility index (Phi) is 6.92. The van der Waals surface area contributed by atoms with Crippen LogP contribution < -0.4 is 0 Å². The van der Waals surface area contributed by atoms with E-state index in [4.69, 9.17) is 4.52 Å². The summed E-state index contributed by atoms with van der Waals surface area (Å²) >= 11 is 0. The third-order valence-corrected chi connectivity index (χ3v) is 5.72. The topological polar surface area (TPSA) is 65.7 Å². The molecule has 1 amide bonds. The molecular formula is C24H28FN5O2. The molecule has 2 heterocycles. The molecular weight excluding hydrogens is 409 g/mol. The molecule has 168 valence electrons. The van der Waals surface area contributed by atoms with E-state index >= 15 is 0 Å². The summed E-state index contributed by atoms with van der Waals surface area (Å²) in [6.07, 6.45) is 0. The molecule has 4 rings (SSSR count). The molecule has 1 saturated heterocycles. The third kappa shape index (κ3) is 5.77. The fourth-order valence-electron chi connectivity index (χ4n) is 3.70. The van der Waals surface area contributed by atoms with Crippen molar-refractivity contribution >= 4 is 5.91 Å². The van der Waals surface area contributed by atoms with E-state index in [1.165, 1.54) is 17.7 Å². The molecule has 8 heteroatoms. The number of amides is 1. The second-order valence-corrected chi connectivity index (χ2v) is 8.31. The first-order valence-electron chi connectivity index (χ1n) is 10.8. The second kappa shape index (κ2) is 10.0. The first-order chi connectivity index (χ1) is 15.5. The van der Waals surface area contributed by atoms with Gasteiger partial charge in [0.2, 0.25) is 17.6 Å². The van der Waals surface area contributed by atoms with E-state index in [9.17, 15) is 9.18 Å². The summed E-state index contributed by atoms with van der Waals surface area (Å²) in [6.45, 7) is 6.76. The van der Waals surface area contributed by atoms with E-state index in [0.717, 1.165) is 37.3 Å². The zero-order valence-corrected chi connectivity index (χ0v) is 18.5. The van der Waals surface area contributed by atoms with Gasteiger partial charge in [0, 0.05) is 45.3 Å². The average Bonchev–Trinajstić information content (AvgIpc) is 3.25. The van der Waals surface area contributed by atoms with Gasteiger partial charge in [-0.2, -0.15) is 4.98 Å². The monoisotopic (exact) mass is 437 g/mol. The summed E-state index contributed by atoms with van der Waals surface area (Å²) < 4.78 is 18.5. The van der Waals surface area contributed by atoms with Crippen molar-refractivity contribution in [1.29, 1.82) is 0 Å². The minimum Gasteiger partial charge on any atom is -0.340 e. The highest BCUT2D eigenvalue weighted by Gasteiger charge is 2.22. The number of carbonyl (C=O) groups excluding carboxylic acids is 1. The zero-order chi connectivity index (χ0) is 22.5. The molecule has 0 saturated carbocycles. The largest absolute Gasteiger partial charge is 0.340 e. The number of carbonyl (C=O) groups is 1. The quantitative estimate of drug-likeness (QED) is 0.566. The van der Waals surface area contributed by atoms with Gasteiger partial charge in [-0.3, -0.25) is 14.6 Å². The number of rotatable bonds is 7. The molecule has 0 N–H and O–H groups in total. The van der Waals surface area contributed by atoms with Crippen LogP contribution in [-0.2, 0) is 17.9 Å². The summed E-state index contributed by atoms with van der Waals surface area (Å²) in [5.74, 6) is 0.993. The SMILES string of the molecule is Cc1ccc(-c2noc(CN3CCN(CC(=O)N(C)Cc4ccc(F)cc4)CC3)n2)cc1. The fraction of sp³-hybridized carbons (Fsp3) is 0.375. The molecule has 1 fully saturated rings. The Morgan fingerprint density at radius 2 is 1.69 bits per heavy atom. The van der Waals surface area contributed by atoms with Gasteiger partial charge in [-0.1, -0.05) is 47.1 Å². The van der Waals surface area contributed by atoms with Crippen molar-refractivity contribution in [3.05, 3.63) is 71.4 Å². The lowest BCUT2D eigenvalue weighted by Crippen LogP contribution is -2.49. The van der Waals surface area contributed by atoms with Crippen molar-refractivity contribution in [1.82, 2.24) is 24.8 Å². The Labute approximate surface area is 187 Å². The number of halogens is 1. The maximum Gasteiger partial charge on any atom is 0.241 e. The van der Waals surface area contributed by atoms with Crippen LogP contribution in [0.2, 0.25) is 0 Å². The normalized spacial score (nSPS) is 15.1. The maximum absolute atomic E-state index is 13.0. The van der Waals surface area contributed by atoms with Crippen LogP contribution in [-0.4, -0.2) is 70.5 Å². The van der Waals surface area contributed by atoms with E-state index in [1.54, 1.807) is 24.1 Å². The summed E-state index contributed by atoms with van der Waals surface area (Å²) in [6, 6.07) is 14.3. The van der Waals surface area contributed by atoms with Gasteiger partial charge in [0.1, 0.15) is 5.82 Å². The molecule has 32 heavy (non-hydrogen) atoms. The highest BCUT2D eigenvalue weighted by molar-refractivity contribution is 5.78. The predicted molar refractivity (Wildman–Crippen MR) is 119 cm³/mol. The molecule has 0 spiro atoms. The molecule has 0 radical (unpaired) electrons. The number of aromatic nitrogens is 2. The lowest BCUT2D eigenvalue weighted by Gasteiger charge is -2.34. The number of benzene rings is 2. The van der Waals surface area contributed by atoms with Crippen LogP contribution in [0.4, 0.5) is 4.39 Å². The predicted octanol–water partition coefficient (Wildman–Crippen LogP) is 2.96. The van der Waals surface area contributed by atoms with Crippen LogP contribution in [0, 0.1) is 12.7 Å². The average molecular weight is 438 g/mol. The van der Waals surface area contributed by atoms with Gasteiger partial charge in [0.25, 0.3) is 0 Å². The second-order valence-electron chi connectivity index (χ2n) is 8.31. The first-order valence-corrected chi connectivity index (χ1v) is 10.8. The van der Waals surface area contributed by atoms with E-state index < -0.39 is 0 Å². The number of hydrogen-bond acceptors (Lipinski definition) is 6. The van der Waals surface area contributed by atoms with Crippen molar-refractivity contribution < 1.29 is 13.7 Å². The fourth-order valence-corrected chi connectivity index (χ4v) is 3.70. The smallest absolute Gasteiger partial charge is 0.241 e. The van der Waals surface area contributed by atoms with Gasteiger partial charge >= 0.3 is 0 Å². The lowest BCUT2D eigenvalue weighted by atomic mass is 10.1. The number of piperazine rings is 1. The van der Waals surface area contributed by atoms with Crippen LogP contribution in [0.25, 0.3) is 11.4 Å². The van der Waals surface area contributed by atoms with Gasteiger partial charge in [0.05, 0.1) is 13.1 Å².